The van der Waals surface area contributed by atoms with Crippen LogP contribution in [0.5, 0.6) is 0 Å². The molecule has 18 heavy (non-hydrogen) atoms. The Kier molecular flexibility index (Phi) is 2.51. The summed E-state index contributed by atoms with van der Waals surface area (Å²) in [5.41, 5.74) is 2.70. The lowest BCUT2D eigenvalue weighted by atomic mass is 10.0. The van der Waals surface area contributed by atoms with Crippen molar-refractivity contribution in [2.45, 2.75) is 6.42 Å². The summed E-state index contributed by atoms with van der Waals surface area (Å²) in [4.78, 5) is 0. The molecule has 1 aliphatic rings. The van der Waals surface area contributed by atoms with E-state index < -0.39 is 17.5 Å². The van der Waals surface area contributed by atoms with E-state index in [1.807, 2.05) is 6.07 Å². The van der Waals surface area contributed by atoms with E-state index in [2.05, 4.69) is 5.32 Å². The monoisotopic (exact) mass is 249 g/mol. The molecule has 0 aromatic heterocycles. The number of hydrogen-bond acceptors (Lipinski definition) is 1. The average molecular weight is 249 g/mol. The fraction of sp³-hybridized carbons (Fsp3) is 0.143. The van der Waals surface area contributed by atoms with Crippen molar-refractivity contribution in [3.8, 4) is 11.1 Å². The van der Waals surface area contributed by atoms with Gasteiger partial charge in [0.15, 0.2) is 17.5 Å². The molecule has 0 radical (unpaired) electrons. The zero-order chi connectivity index (χ0) is 12.7. The Hall–Kier alpha value is -1.97. The van der Waals surface area contributed by atoms with Crippen molar-refractivity contribution >= 4 is 5.69 Å². The minimum absolute atomic E-state index is 0.0744. The fourth-order valence-corrected chi connectivity index (χ4v) is 2.21. The van der Waals surface area contributed by atoms with E-state index >= 15 is 0 Å². The lowest BCUT2D eigenvalue weighted by Gasteiger charge is -2.07. The summed E-state index contributed by atoms with van der Waals surface area (Å²) in [6.45, 7) is 0.846. The van der Waals surface area contributed by atoms with Gasteiger partial charge in [0.2, 0.25) is 0 Å². The standard InChI is InChI=1S/C14H10F3N/c15-11-4-3-10(13(16)14(11)17)9-2-1-8-5-6-18-12(8)7-9/h1-4,7,18H,5-6H2. The number of benzene rings is 2. The summed E-state index contributed by atoms with van der Waals surface area (Å²) in [5.74, 6) is -3.75. The third-order valence-electron chi connectivity index (χ3n) is 3.17. The smallest absolute Gasteiger partial charge is 0.195 e. The van der Waals surface area contributed by atoms with Crippen molar-refractivity contribution in [3.05, 3.63) is 53.3 Å². The van der Waals surface area contributed by atoms with Crippen LogP contribution >= 0.6 is 0 Å². The van der Waals surface area contributed by atoms with E-state index in [4.69, 9.17) is 0 Å². The molecule has 0 spiro atoms. The minimum Gasteiger partial charge on any atom is -0.384 e. The van der Waals surface area contributed by atoms with Crippen molar-refractivity contribution in [1.29, 1.82) is 0 Å². The molecule has 1 aliphatic heterocycles. The average Bonchev–Trinajstić information content (AvgIpc) is 2.83. The molecule has 0 atom stereocenters. The quantitative estimate of drug-likeness (QED) is 0.759. The molecular formula is C14H10F3N. The van der Waals surface area contributed by atoms with Gasteiger partial charge in [-0.15, -0.1) is 0 Å². The molecule has 92 valence electrons. The maximum atomic E-state index is 13.7. The van der Waals surface area contributed by atoms with Crippen molar-refractivity contribution in [3.63, 3.8) is 0 Å². The first-order valence-electron chi connectivity index (χ1n) is 5.67. The van der Waals surface area contributed by atoms with Gasteiger partial charge in [0.1, 0.15) is 0 Å². The first-order valence-corrected chi connectivity index (χ1v) is 5.67. The minimum atomic E-state index is -1.43. The highest BCUT2D eigenvalue weighted by Crippen LogP contribution is 2.31. The van der Waals surface area contributed by atoms with Crippen molar-refractivity contribution < 1.29 is 13.2 Å². The molecule has 0 saturated carbocycles. The Morgan fingerprint density at radius 3 is 2.61 bits per heavy atom. The predicted octanol–water partition coefficient (Wildman–Crippen LogP) is 3.74. The van der Waals surface area contributed by atoms with Gasteiger partial charge in [-0.2, -0.15) is 0 Å². The number of nitrogens with one attached hydrogen (secondary N) is 1. The molecule has 0 amide bonds. The number of halogens is 3. The van der Waals surface area contributed by atoms with E-state index in [1.54, 1.807) is 12.1 Å². The Bertz CT molecular complexity index is 623. The number of hydrogen-bond donors (Lipinski definition) is 1. The summed E-state index contributed by atoms with van der Waals surface area (Å²) in [5, 5.41) is 3.17. The van der Waals surface area contributed by atoms with E-state index in [-0.39, 0.29) is 5.56 Å². The summed E-state index contributed by atoms with van der Waals surface area (Å²) in [6.07, 6.45) is 0.926. The van der Waals surface area contributed by atoms with Crippen LogP contribution in [0.25, 0.3) is 11.1 Å². The van der Waals surface area contributed by atoms with Crippen LogP contribution in [0.15, 0.2) is 30.3 Å². The van der Waals surface area contributed by atoms with Gasteiger partial charge in [-0.3, -0.25) is 0 Å². The summed E-state index contributed by atoms with van der Waals surface area (Å²) >= 11 is 0. The van der Waals surface area contributed by atoms with Gasteiger partial charge in [0.25, 0.3) is 0 Å². The Morgan fingerprint density at radius 2 is 1.78 bits per heavy atom. The zero-order valence-corrected chi connectivity index (χ0v) is 9.43. The normalized spacial score (nSPS) is 13.3. The maximum absolute atomic E-state index is 13.7. The molecule has 1 N–H and O–H groups in total. The van der Waals surface area contributed by atoms with Gasteiger partial charge < -0.3 is 5.32 Å². The Morgan fingerprint density at radius 1 is 0.944 bits per heavy atom. The van der Waals surface area contributed by atoms with E-state index in [0.29, 0.717) is 5.56 Å². The van der Waals surface area contributed by atoms with Gasteiger partial charge in [-0.25, -0.2) is 13.2 Å². The highest BCUT2D eigenvalue weighted by molar-refractivity contribution is 5.71. The fourth-order valence-electron chi connectivity index (χ4n) is 2.21. The summed E-state index contributed by atoms with van der Waals surface area (Å²) in [6, 6.07) is 7.56. The molecule has 2 aromatic carbocycles. The number of rotatable bonds is 1. The van der Waals surface area contributed by atoms with E-state index in [1.165, 1.54) is 6.07 Å². The first-order chi connectivity index (χ1) is 8.66. The Labute approximate surface area is 102 Å². The molecule has 3 rings (SSSR count). The van der Waals surface area contributed by atoms with Gasteiger partial charge >= 0.3 is 0 Å². The van der Waals surface area contributed by atoms with Crippen LogP contribution in [0.1, 0.15) is 5.56 Å². The molecule has 0 unspecified atom stereocenters. The highest BCUT2D eigenvalue weighted by Gasteiger charge is 2.16. The molecule has 0 saturated heterocycles. The molecular weight excluding hydrogens is 239 g/mol. The molecule has 2 aromatic rings. The van der Waals surface area contributed by atoms with Crippen LogP contribution in [0.3, 0.4) is 0 Å². The number of fused-ring (bicyclic) bond motifs is 1. The maximum Gasteiger partial charge on any atom is 0.195 e. The van der Waals surface area contributed by atoms with Gasteiger partial charge in [-0.1, -0.05) is 12.1 Å². The molecule has 0 bridgehead atoms. The van der Waals surface area contributed by atoms with Gasteiger partial charge in [0.05, 0.1) is 0 Å². The SMILES string of the molecule is Fc1ccc(-c2ccc3c(c2)NCC3)c(F)c1F. The number of anilines is 1. The summed E-state index contributed by atoms with van der Waals surface area (Å²) < 4.78 is 39.7. The van der Waals surface area contributed by atoms with Crippen molar-refractivity contribution in [2.75, 3.05) is 11.9 Å². The second kappa shape index (κ2) is 4.05. The van der Waals surface area contributed by atoms with Crippen molar-refractivity contribution in [1.82, 2.24) is 0 Å². The largest absolute Gasteiger partial charge is 0.384 e. The van der Waals surface area contributed by atoms with Crippen LogP contribution < -0.4 is 5.32 Å². The van der Waals surface area contributed by atoms with Crippen LogP contribution in [-0.4, -0.2) is 6.54 Å². The predicted molar refractivity (Wildman–Crippen MR) is 63.9 cm³/mol. The topological polar surface area (TPSA) is 12.0 Å². The highest BCUT2D eigenvalue weighted by atomic mass is 19.2. The molecule has 0 fully saturated rings. The van der Waals surface area contributed by atoms with Gasteiger partial charge in [-0.05, 0) is 35.7 Å². The second-order valence-corrected chi connectivity index (χ2v) is 4.27. The lowest BCUT2D eigenvalue weighted by Crippen LogP contribution is -1.95. The van der Waals surface area contributed by atoms with Crippen molar-refractivity contribution in [2.24, 2.45) is 0 Å². The zero-order valence-electron chi connectivity index (χ0n) is 9.43. The van der Waals surface area contributed by atoms with Crippen LogP contribution in [0.4, 0.5) is 18.9 Å². The lowest BCUT2D eigenvalue weighted by molar-refractivity contribution is 0.449. The molecule has 1 nitrogen and oxygen atoms in total. The van der Waals surface area contributed by atoms with E-state index in [9.17, 15) is 13.2 Å². The second-order valence-electron chi connectivity index (χ2n) is 4.27. The molecule has 4 heteroatoms. The first kappa shape index (κ1) is 11.1. The molecule has 1 heterocycles. The van der Waals surface area contributed by atoms with Crippen LogP contribution in [0.2, 0.25) is 0 Å². The molecule has 0 aliphatic carbocycles. The van der Waals surface area contributed by atoms with Gasteiger partial charge in [0, 0.05) is 17.8 Å². The third-order valence-corrected chi connectivity index (χ3v) is 3.17. The van der Waals surface area contributed by atoms with Crippen LogP contribution in [0, 0.1) is 17.5 Å². The van der Waals surface area contributed by atoms with Crippen LogP contribution in [-0.2, 0) is 6.42 Å². The summed E-state index contributed by atoms with van der Waals surface area (Å²) in [7, 11) is 0. The third kappa shape index (κ3) is 1.65. The van der Waals surface area contributed by atoms with E-state index in [0.717, 1.165) is 30.3 Å². The Balaban J connectivity index is 2.13.